The molecule has 0 spiro atoms. The Morgan fingerprint density at radius 1 is 1.00 bits per heavy atom. The zero-order valence-corrected chi connectivity index (χ0v) is 20.6. The lowest BCUT2D eigenvalue weighted by molar-refractivity contribution is -0.117. The predicted octanol–water partition coefficient (Wildman–Crippen LogP) is 3.94. The van der Waals surface area contributed by atoms with Crippen molar-refractivity contribution in [1.29, 1.82) is 0 Å². The molecule has 3 rings (SSSR count). The van der Waals surface area contributed by atoms with E-state index in [9.17, 15) is 22.4 Å². The molecule has 3 aromatic rings. The lowest BCUT2D eigenvalue weighted by atomic mass is 10.1. The Balaban J connectivity index is 1.74. The van der Waals surface area contributed by atoms with E-state index in [1.807, 2.05) is 17.5 Å². The maximum Gasteiger partial charge on any atom is 0.251 e. The van der Waals surface area contributed by atoms with Gasteiger partial charge in [0.1, 0.15) is 11.9 Å². The molecule has 7 nitrogen and oxygen atoms in total. The van der Waals surface area contributed by atoms with Crippen molar-refractivity contribution in [3.05, 3.63) is 82.3 Å². The second-order valence-corrected chi connectivity index (χ2v) is 11.4. The second kappa shape index (κ2) is 10.5. The van der Waals surface area contributed by atoms with Crippen molar-refractivity contribution in [2.75, 3.05) is 5.32 Å². The van der Waals surface area contributed by atoms with E-state index in [-0.39, 0.29) is 16.9 Å². The van der Waals surface area contributed by atoms with Gasteiger partial charge in [-0.1, -0.05) is 6.07 Å². The first kappa shape index (κ1) is 25.5. The normalized spacial score (nSPS) is 12.7. The first-order chi connectivity index (χ1) is 15.9. The molecular formula is C24H26FN3O4S2. The van der Waals surface area contributed by atoms with E-state index >= 15 is 0 Å². The van der Waals surface area contributed by atoms with Gasteiger partial charge in [0.25, 0.3) is 5.91 Å². The van der Waals surface area contributed by atoms with Gasteiger partial charge in [-0.15, -0.1) is 11.3 Å². The quantitative estimate of drug-likeness (QED) is 0.433. The third-order valence-electron chi connectivity index (χ3n) is 4.59. The minimum absolute atomic E-state index is 0.0696. The number of nitrogens with one attached hydrogen (secondary N) is 3. The molecule has 0 saturated heterocycles. The summed E-state index contributed by atoms with van der Waals surface area (Å²) in [5, 5.41) is 7.29. The summed E-state index contributed by atoms with van der Waals surface area (Å²) < 4.78 is 40.7. The summed E-state index contributed by atoms with van der Waals surface area (Å²) in [7, 11) is -3.71. The van der Waals surface area contributed by atoms with Crippen LogP contribution in [0.25, 0.3) is 0 Å². The van der Waals surface area contributed by atoms with Gasteiger partial charge in [0.05, 0.1) is 4.90 Å². The summed E-state index contributed by atoms with van der Waals surface area (Å²) in [6.07, 6.45) is 0.262. The van der Waals surface area contributed by atoms with Crippen molar-refractivity contribution in [2.24, 2.45) is 0 Å². The summed E-state index contributed by atoms with van der Waals surface area (Å²) >= 11 is 1.45. The number of amides is 2. The van der Waals surface area contributed by atoms with E-state index in [1.165, 1.54) is 59.9 Å². The third kappa shape index (κ3) is 7.21. The Morgan fingerprint density at radius 3 is 2.21 bits per heavy atom. The molecule has 0 saturated carbocycles. The largest absolute Gasteiger partial charge is 0.340 e. The number of hydrogen-bond donors (Lipinski definition) is 3. The van der Waals surface area contributed by atoms with Gasteiger partial charge in [-0.3, -0.25) is 9.59 Å². The fraction of sp³-hybridized carbons (Fsp3) is 0.250. The molecule has 0 fully saturated rings. The Kier molecular flexibility index (Phi) is 7.86. The van der Waals surface area contributed by atoms with Crippen molar-refractivity contribution >= 4 is 38.9 Å². The summed E-state index contributed by atoms with van der Waals surface area (Å²) in [5.74, 6) is -1.44. The Labute approximate surface area is 202 Å². The molecule has 0 unspecified atom stereocenters. The summed E-state index contributed by atoms with van der Waals surface area (Å²) in [6.45, 7) is 5.23. The topological polar surface area (TPSA) is 104 Å². The lowest BCUT2D eigenvalue weighted by Crippen LogP contribution is -2.45. The molecule has 0 radical (unpaired) electrons. The molecule has 2 amide bonds. The Bertz CT molecular complexity index is 1230. The highest BCUT2D eigenvalue weighted by Gasteiger charge is 2.24. The van der Waals surface area contributed by atoms with E-state index < -0.39 is 39.2 Å². The van der Waals surface area contributed by atoms with Gasteiger partial charge in [-0.05, 0) is 80.7 Å². The molecule has 3 N–H and O–H groups in total. The first-order valence-electron chi connectivity index (χ1n) is 10.5. The number of carbonyl (C=O) groups excluding carboxylic acids is 2. The minimum Gasteiger partial charge on any atom is -0.340 e. The van der Waals surface area contributed by atoms with Crippen LogP contribution in [-0.4, -0.2) is 31.8 Å². The summed E-state index contributed by atoms with van der Waals surface area (Å²) in [6, 6.07) is 13.6. The Morgan fingerprint density at radius 2 is 1.65 bits per heavy atom. The maximum atomic E-state index is 13.2. The molecular weight excluding hydrogens is 477 g/mol. The van der Waals surface area contributed by atoms with Crippen LogP contribution >= 0.6 is 11.3 Å². The van der Waals surface area contributed by atoms with Gasteiger partial charge in [-0.25, -0.2) is 17.5 Å². The van der Waals surface area contributed by atoms with Crippen LogP contribution in [0.1, 0.15) is 36.0 Å². The average molecular weight is 504 g/mol. The molecule has 34 heavy (non-hydrogen) atoms. The molecule has 1 heterocycles. The fourth-order valence-electron chi connectivity index (χ4n) is 3.09. The summed E-state index contributed by atoms with van der Waals surface area (Å²) in [4.78, 5) is 26.6. The van der Waals surface area contributed by atoms with Crippen LogP contribution in [0.5, 0.6) is 0 Å². The van der Waals surface area contributed by atoms with Crippen LogP contribution in [0, 0.1) is 5.82 Å². The first-order valence-corrected chi connectivity index (χ1v) is 12.8. The molecule has 0 aliphatic carbocycles. The van der Waals surface area contributed by atoms with Crippen molar-refractivity contribution in [2.45, 2.75) is 43.7 Å². The number of thiophene rings is 1. The molecule has 10 heteroatoms. The Hall–Kier alpha value is -3.08. The zero-order chi connectivity index (χ0) is 24.9. The van der Waals surface area contributed by atoms with Crippen LogP contribution in [0.15, 0.2) is 70.9 Å². The van der Waals surface area contributed by atoms with E-state index in [4.69, 9.17) is 0 Å². The fourth-order valence-corrected chi connectivity index (χ4v) is 5.26. The SMILES string of the molecule is CC(C)(C)NS(=O)(=O)c1ccc(NC(=O)[C@H](Cc2cccs2)NC(=O)c2ccc(F)cc2)cc1. The van der Waals surface area contributed by atoms with Gasteiger partial charge in [0.15, 0.2) is 0 Å². The van der Waals surface area contributed by atoms with Crippen molar-refractivity contribution in [3.8, 4) is 0 Å². The highest BCUT2D eigenvalue weighted by atomic mass is 32.2. The van der Waals surface area contributed by atoms with Crippen molar-refractivity contribution < 1.29 is 22.4 Å². The predicted molar refractivity (Wildman–Crippen MR) is 131 cm³/mol. The van der Waals surface area contributed by atoms with Crippen LogP contribution in [0.2, 0.25) is 0 Å². The second-order valence-electron chi connectivity index (χ2n) is 8.69. The molecule has 0 bridgehead atoms. The van der Waals surface area contributed by atoms with Gasteiger partial charge < -0.3 is 10.6 Å². The maximum absolute atomic E-state index is 13.2. The van der Waals surface area contributed by atoms with E-state index in [0.29, 0.717) is 5.69 Å². The van der Waals surface area contributed by atoms with Gasteiger partial charge >= 0.3 is 0 Å². The third-order valence-corrected chi connectivity index (χ3v) is 7.26. The average Bonchev–Trinajstić information content (AvgIpc) is 3.25. The molecule has 1 atom stereocenters. The highest BCUT2D eigenvalue weighted by Crippen LogP contribution is 2.18. The van der Waals surface area contributed by atoms with Gasteiger partial charge in [-0.2, -0.15) is 0 Å². The number of sulfonamides is 1. The number of benzene rings is 2. The van der Waals surface area contributed by atoms with Gasteiger partial charge in [0.2, 0.25) is 15.9 Å². The minimum atomic E-state index is -3.71. The van der Waals surface area contributed by atoms with E-state index in [0.717, 1.165) is 4.88 Å². The van der Waals surface area contributed by atoms with Crippen LogP contribution in [0.4, 0.5) is 10.1 Å². The molecule has 0 aliphatic rings. The number of halogens is 1. The smallest absolute Gasteiger partial charge is 0.251 e. The zero-order valence-electron chi connectivity index (χ0n) is 19.0. The molecule has 180 valence electrons. The van der Waals surface area contributed by atoms with Crippen molar-refractivity contribution in [1.82, 2.24) is 10.0 Å². The van der Waals surface area contributed by atoms with Gasteiger partial charge in [0, 0.05) is 28.1 Å². The number of rotatable bonds is 8. The number of carbonyl (C=O) groups is 2. The van der Waals surface area contributed by atoms with Crippen LogP contribution in [0.3, 0.4) is 0 Å². The van der Waals surface area contributed by atoms with E-state index in [2.05, 4.69) is 15.4 Å². The lowest BCUT2D eigenvalue weighted by Gasteiger charge is -2.20. The highest BCUT2D eigenvalue weighted by molar-refractivity contribution is 7.89. The van der Waals surface area contributed by atoms with Crippen LogP contribution in [-0.2, 0) is 21.2 Å². The van der Waals surface area contributed by atoms with Crippen molar-refractivity contribution in [3.63, 3.8) is 0 Å². The number of hydrogen-bond acceptors (Lipinski definition) is 5. The van der Waals surface area contributed by atoms with Crippen LogP contribution < -0.4 is 15.4 Å². The summed E-state index contributed by atoms with van der Waals surface area (Å²) in [5.41, 5.74) is -0.0260. The monoisotopic (exact) mass is 503 g/mol. The molecule has 1 aromatic heterocycles. The standard InChI is InChI=1S/C24H26FN3O4S2/c1-24(2,3)28-34(31,32)20-12-10-18(11-13-20)26-23(30)21(15-19-5-4-14-33-19)27-22(29)16-6-8-17(25)9-7-16/h4-14,21,28H,15H2,1-3H3,(H,26,30)(H,27,29)/t21-/m0/s1. The molecule has 2 aromatic carbocycles. The van der Waals surface area contributed by atoms with E-state index in [1.54, 1.807) is 20.8 Å². The molecule has 0 aliphatic heterocycles. The number of anilines is 1.